The Hall–Kier alpha value is -1.34. The third-order valence-electron chi connectivity index (χ3n) is 2.86. The molecule has 0 aromatic heterocycles. The Balaban J connectivity index is 2.35. The van der Waals surface area contributed by atoms with E-state index in [0.717, 1.165) is 6.61 Å². The van der Waals surface area contributed by atoms with Crippen molar-refractivity contribution in [2.45, 2.75) is 13.0 Å². The molecule has 0 saturated carbocycles. The summed E-state index contributed by atoms with van der Waals surface area (Å²) in [7, 11) is 0. The number of fused-ring (bicyclic) bond motifs is 1. The maximum atomic E-state index is 5.34. The third-order valence-corrected chi connectivity index (χ3v) is 2.86. The van der Waals surface area contributed by atoms with Gasteiger partial charge in [-0.2, -0.15) is 0 Å². The number of hydrogen-bond donors (Lipinski definition) is 0. The van der Waals surface area contributed by atoms with Crippen molar-refractivity contribution in [1.29, 1.82) is 0 Å². The fourth-order valence-corrected chi connectivity index (χ4v) is 1.98. The molecule has 2 aromatic rings. The molecule has 0 radical (unpaired) electrons. The molecule has 0 N–H and O–H groups in total. The average molecular weight is 184 g/mol. The van der Waals surface area contributed by atoms with Crippen molar-refractivity contribution in [3.63, 3.8) is 0 Å². The monoisotopic (exact) mass is 184 g/mol. The number of benzene rings is 2. The standard InChI is InChI=1S/C13H12O/c1-9-6-7-12(13-8-14-13)11-5-3-2-4-10(9)11/h2-7,13H,8H2,1H3. The van der Waals surface area contributed by atoms with Crippen molar-refractivity contribution >= 4 is 10.8 Å². The number of aryl methyl sites for hydroxylation is 1. The first kappa shape index (κ1) is 8.01. The molecule has 1 heterocycles. The van der Waals surface area contributed by atoms with Crippen LogP contribution in [0.25, 0.3) is 10.8 Å². The van der Waals surface area contributed by atoms with Gasteiger partial charge in [0.1, 0.15) is 6.10 Å². The van der Waals surface area contributed by atoms with Crippen LogP contribution in [0.5, 0.6) is 0 Å². The molecule has 1 aliphatic rings. The maximum Gasteiger partial charge on any atom is 0.107 e. The van der Waals surface area contributed by atoms with E-state index in [0.29, 0.717) is 6.10 Å². The Kier molecular flexibility index (Phi) is 1.62. The molecule has 1 fully saturated rings. The van der Waals surface area contributed by atoms with Crippen molar-refractivity contribution in [2.75, 3.05) is 6.61 Å². The lowest BCUT2D eigenvalue weighted by Crippen LogP contribution is -1.86. The number of ether oxygens (including phenoxy) is 1. The Morgan fingerprint density at radius 3 is 2.50 bits per heavy atom. The minimum atomic E-state index is 0.348. The second-order valence-electron chi connectivity index (χ2n) is 3.84. The molecular weight excluding hydrogens is 172 g/mol. The molecule has 1 unspecified atom stereocenters. The lowest BCUT2D eigenvalue weighted by molar-refractivity contribution is 0.417. The van der Waals surface area contributed by atoms with Gasteiger partial charge in [-0.15, -0.1) is 0 Å². The highest BCUT2D eigenvalue weighted by atomic mass is 16.6. The summed E-state index contributed by atoms with van der Waals surface area (Å²) in [5, 5.41) is 2.69. The minimum absolute atomic E-state index is 0.348. The van der Waals surface area contributed by atoms with Gasteiger partial charge in [0.15, 0.2) is 0 Å². The van der Waals surface area contributed by atoms with Gasteiger partial charge < -0.3 is 4.74 Å². The molecule has 0 aliphatic carbocycles. The zero-order valence-electron chi connectivity index (χ0n) is 8.16. The van der Waals surface area contributed by atoms with Crippen LogP contribution in [0, 0.1) is 6.92 Å². The van der Waals surface area contributed by atoms with Gasteiger partial charge in [-0.25, -0.2) is 0 Å². The maximum absolute atomic E-state index is 5.34. The Morgan fingerprint density at radius 1 is 1.07 bits per heavy atom. The molecule has 0 spiro atoms. The molecule has 0 bridgehead atoms. The molecular formula is C13H12O. The van der Waals surface area contributed by atoms with Gasteiger partial charge in [0, 0.05) is 0 Å². The average Bonchev–Trinajstić information content (AvgIpc) is 3.03. The lowest BCUT2D eigenvalue weighted by Gasteiger charge is -2.06. The molecule has 1 saturated heterocycles. The van der Waals surface area contributed by atoms with Crippen LogP contribution in [0.3, 0.4) is 0 Å². The summed E-state index contributed by atoms with van der Waals surface area (Å²) in [6.07, 6.45) is 0.348. The van der Waals surface area contributed by atoms with Gasteiger partial charge in [0.05, 0.1) is 6.61 Å². The molecule has 1 aliphatic heterocycles. The summed E-state index contributed by atoms with van der Waals surface area (Å²) in [4.78, 5) is 0. The molecule has 2 aromatic carbocycles. The van der Waals surface area contributed by atoms with Crippen LogP contribution in [0.15, 0.2) is 36.4 Å². The smallest absolute Gasteiger partial charge is 0.107 e. The van der Waals surface area contributed by atoms with Crippen LogP contribution in [-0.4, -0.2) is 6.61 Å². The Labute approximate surface area is 83.3 Å². The first-order chi connectivity index (χ1) is 6.86. The van der Waals surface area contributed by atoms with E-state index in [2.05, 4.69) is 43.3 Å². The summed E-state index contributed by atoms with van der Waals surface area (Å²) in [5.74, 6) is 0. The van der Waals surface area contributed by atoms with Gasteiger partial charge >= 0.3 is 0 Å². The molecule has 70 valence electrons. The molecule has 1 atom stereocenters. The predicted octanol–water partition coefficient (Wildman–Crippen LogP) is 3.22. The zero-order valence-corrected chi connectivity index (χ0v) is 8.16. The second kappa shape index (κ2) is 2.82. The van der Waals surface area contributed by atoms with Gasteiger partial charge in [-0.1, -0.05) is 36.4 Å². The molecule has 0 amide bonds. The first-order valence-electron chi connectivity index (χ1n) is 4.96. The van der Waals surface area contributed by atoms with Gasteiger partial charge in [-0.05, 0) is 28.8 Å². The summed E-state index contributed by atoms with van der Waals surface area (Å²) in [5.41, 5.74) is 2.68. The highest BCUT2D eigenvalue weighted by Gasteiger charge is 2.26. The topological polar surface area (TPSA) is 12.5 Å². The number of hydrogen-bond acceptors (Lipinski definition) is 1. The van der Waals surface area contributed by atoms with Crippen LogP contribution >= 0.6 is 0 Å². The van der Waals surface area contributed by atoms with E-state index < -0.39 is 0 Å². The summed E-state index contributed by atoms with van der Waals surface area (Å²) < 4.78 is 5.34. The second-order valence-corrected chi connectivity index (χ2v) is 3.84. The van der Waals surface area contributed by atoms with Crippen LogP contribution in [-0.2, 0) is 4.74 Å². The van der Waals surface area contributed by atoms with Crippen LogP contribution in [0.4, 0.5) is 0 Å². The molecule has 14 heavy (non-hydrogen) atoms. The van der Waals surface area contributed by atoms with Gasteiger partial charge in [0.2, 0.25) is 0 Å². The van der Waals surface area contributed by atoms with Crippen molar-refractivity contribution in [1.82, 2.24) is 0 Å². The SMILES string of the molecule is Cc1ccc(C2CO2)c2ccccc12. The van der Waals surface area contributed by atoms with Crippen LogP contribution in [0.2, 0.25) is 0 Å². The zero-order chi connectivity index (χ0) is 9.54. The highest BCUT2D eigenvalue weighted by molar-refractivity contribution is 5.89. The largest absolute Gasteiger partial charge is 0.368 e. The fourth-order valence-electron chi connectivity index (χ4n) is 1.98. The Morgan fingerprint density at radius 2 is 1.79 bits per heavy atom. The van der Waals surface area contributed by atoms with E-state index in [4.69, 9.17) is 4.74 Å². The molecule has 3 rings (SSSR count). The van der Waals surface area contributed by atoms with Crippen molar-refractivity contribution in [3.8, 4) is 0 Å². The van der Waals surface area contributed by atoms with E-state index >= 15 is 0 Å². The van der Waals surface area contributed by atoms with E-state index in [1.807, 2.05) is 0 Å². The van der Waals surface area contributed by atoms with E-state index in [-0.39, 0.29) is 0 Å². The van der Waals surface area contributed by atoms with E-state index in [1.54, 1.807) is 0 Å². The fraction of sp³-hybridized carbons (Fsp3) is 0.231. The molecule has 1 nitrogen and oxygen atoms in total. The minimum Gasteiger partial charge on any atom is -0.368 e. The van der Waals surface area contributed by atoms with Gasteiger partial charge in [-0.3, -0.25) is 0 Å². The van der Waals surface area contributed by atoms with Crippen molar-refractivity contribution in [3.05, 3.63) is 47.5 Å². The van der Waals surface area contributed by atoms with Gasteiger partial charge in [0.25, 0.3) is 0 Å². The normalized spacial score (nSPS) is 19.9. The quantitative estimate of drug-likeness (QED) is 0.620. The van der Waals surface area contributed by atoms with E-state index in [1.165, 1.54) is 21.9 Å². The summed E-state index contributed by atoms with van der Waals surface area (Å²) in [6.45, 7) is 3.03. The highest BCUT2D eigenvalue weighted by Crippen LogP contribution is 2.35. The van der Waals surface area contributed by atoms with Crippen molar-refractivity contribution in [2.24, 2.45) is 0 Å². The number of rotatable bonds is 1. The van der Waals surface area contributed by atoms with Crippen LogP contribution < -0.4 is 0 Å². The Bertz CT molecular complexity index is 484. The molecule has 1 heteroatoms. The third kappa shape index (κ3) is 1.13. The van der Waals surface area contributed by atoms with Crippen molar-refractivity contribution < 1.29 is 4.74 Å². The first-order valence-corrected chi connectivity index (χ1v) is 4.96. The number of epoxide rings is 1. The predicted molar refractivity (Wildman–Crippen MR) is 57.4 cm³/mol. The van der Waals surface area contributed by atoms with E-state index in [9.17, 15) is 0 Å². The van der Waals surface area contributed by atoms with Crippen LogP contribution in [0.1, 0.15) is 17.2 Å². The lowest BCUT2D eigenvalue weighted by atomic mass is 9.99. The summed E-state index contributed by atoms with van der Waals surface area (Å²) in [6, 6.07) is 12.9. The summed E-state index contributed by atoms with van der Waals surface area (Å²) >= 11 is 0.